The monoisotopic (exact) mass is 495 g/mol. The number of aromatic nitrogens is 2. The SMILES string of the molecule is O=C(NC1CCC(NC(O)c2ccccc2Cl)CC1)O[C@@H]1CCN(c2cn[nH]c(=O)c2Cl)C1. The number of anilines is 1. The second-order valence-electron chi connectivity index (χ2n) is 8.44. The van der Waals surface area contributed by atoms with E-state index in [4.69, 9.17) is 27.9 Å². The van der Waals surface area contributed by atoms with Gasteiger partial charge in [-0.05, 0) is 31.7 Å². The normalized spacial score (nSPS) is 23.8. The number of aliphatic hydroxyl groups excluding tert-OH is 1. The van der Waals surface area contributed by atoms with E-state index in [2.05, 4.69) is 20.8 Å². The van der Waals surface area contributed by atoms with Crippen molar-refractivity contribution in [3.63, 3.8) is 0 Å². The number of nitrogens with one attached hydrogen (secondary N) is 3. The van der Waals surface area contributed by atoms with Crippen LogP contribution >= 0.6 is 23.2 Å². The van der Waals surface area contributed by atoms with E-state index in [0.717, 1.165) is 25.7 Å². The van der Waals surface area contributed by atoms with Crippen molar-refractivity contribution in [3.05, 3.63) is 56.4 Å². The molecule has 2 fully saturated rings. The fourth-order valence-corrected chi connectivity index (χ4v) is 4.85. The average Bonchev–Trinajstić information content (AvgIpc) is 3.25. The predicted octanol–water partition coefficient (Wildman–Crippen LogP) is 2.97. The van der Waals surface area contributed by atoms with Crippen molar-refractivity contribution in [2.75, 3.05) is 18.0 Å². The lowest BCUT2D eigenvalue weighted by Gasteiger charge is -2.31. The van der Waals surface area contributed by atoms with Gasteiger partial charge in [-0.1, -0.05) is 41.4 Å². The first-order valence-corrected chi connectivity index (χ1v) is 11.8. The number of H-pyrrole nitrogens is 1. The van der Waals surface area contributed by atoms with E-state index >= 15 is 0 Å². The van der Waals surface area contributed by atoms with Gasteiger partial charge in [0.15, 0.2) is 0 Å². The zero-order valence-electron chi connectivity index (χ0n) is 18.0. The van der Waals surface area contributed by atoms with Crippen molar-refractivity contribution in [2.45, 2.75) is 56.5 Å². The number of carbonyl (C=O) groups excluding carboxylic acids is 1. The molecule has 4 rings (SSSR count). The van der Waals surface area contributed by atoms with Crippen LogP contribution in [-0.4, -0.2) is 52.7 Å². The number of amides is 1. The maximum Gasteiger partial charge on any atom is 0.407 e. The van der Waals surface area contributed by atoms with E-state index in [9.17, 15) is 14.7 Å². The van der Waals surface area contributed by atoms with Gasteiger partial charge in [0.2, 0.25) is 0 Å². The van der Waals surface area contributed by atoms with Crippen LogP contribution in [0.15, 0.2) is 35.3 Å². The molecule has 0 spiro atoms. The minimum atomic E-state index is -0.826. The maximum atomic E-state index is 12.4. The summed E-state index contributed by atoms with van der Waals surface area (Å²) in [4.78, 5) is 25.9. The molecule has 33 heavy (non-hydrogen) atoms. The molecule has 0 bridgehead atoms. The first kappa shape index (κ1) is 23.8. The smallest absolute Gasteiger partial charge is 0.407 e. The van der Waals surface area contributed by atoms with Gasteiger partial charge < -0.3 is 20.1 Å². The molecule has 2 aliphatic rings. The summed E-state index contributed by atoms with van der Waals surface area (Å²) >= 11 is 12.2. The van der Waals surface area contributed by atoms with Gasteiger partial charge >= 0.3 is 6.09 Å². The molecule has 2 aromatic rings. The lowest BCUT2D eigenvalue weighted by atomic mass is 9.91. The highest BCUT2D eigenvalue weighted by atomic mass is 35.5. The molecule has 11 heteroatoms. The molecule has 9 nitrogen and oxygen atoms in total. The van der Waals surface area contributed by atoms with Crippen molar-refractivity contribution in [1.29, 1.82) is 0 Å². The van der Waals surface area contributed by atoms with Gasteiger partial charge in [-0.15, -0.1) is 0 Å². The van der Waals surface area contributed by atoms with Gasteiger partial charge in [-0.2, -0.15) is 5.10 Å². The highest BCUT2D eigenvalue weighted by Crippen LogP contribution is 2.27. The van der Waals surface area contributed by atoms with E-state index in [1.807, 2.05) is 17.0 Å². The van der Waals surface area contributed by atoms with E-state index < -0.39 is 17.9 Å². The number of ether oxygens (including phenoxy) is 1. The zero-order valence-corrected chi connectivity index (χ0v) is 19.5. The van der Waals surface area contributed by atoms with Gasteiger partial charge in [0.25, 0.3) is 5.56 Å². The van der Waals surface area contributed by atoms with Crippen LogP contribution in [0.25, 0.3) is 0 Å². The summed E-state index contributed by atoms with van der Waals surface area (Å²) in [5.74, 6) is 0. The Morgan fingerprint density at radius 1 is 1.18 bits per heavy atom. The Kier molecular flexibility index (Phi) is 7.75. The van der Waals surface area contributed by atoms with E-state index in [0.29, 0.717) is 35.8 Å². The molecule has 178 valence electrons. The predicted molar refractivity (Wildman–Crippen MR) is 126 cm³/mol. The minimum Gasteiger partial charge on any atom is -0.444 e. The number of aliphatic hydroxyl groups is 1. The third-order valence-electron chi connectivity index (χ3n) is 6.18. The number of hydrogen-bond acceptors (Lipinski definition) is 7. The summed E-state index contributed by atoms with van der Waals surface area (Å²) in [7, 11) is 0. The van der Waals surface area contributed by atoms with Crippen LogP contribution in [0.1, 0.15) is 43.9 Å². The van der Waals surface area contributed by atoms with Gasteiger partial charge in [0.1, 0.15) is 17.4 Å². The zero-order chi connectivity index (χ0) is 23.4. The van der Waals surface area contributed by atoms with Crippen molar-refractivity contribution >= 4 is 35.0 Å². The molecule has 1 amide bonds. The van der Waals surface area contributed by atoms with Crippen LogP contribution in [0.4, 0.5) is 10.5 Å². The van der Waals surface area contributed by atoms with Crippen molar-refractivity contribution in [1.82, 2.24) is 20.8 Å². The number of benzene rings is 1. The highest BCUT2D eigenvalue weighted by Gasteiger charge is 2.30. The topological polar surface area (TPSA) is 120 Å². The largest absolute Gasteiger partial charge is 0.444 e. The highest BCUT2D eigenvalue weighted by molar-refractivity contribution is 6.33. The number of aromatic amines is 1. The number of hydrogen-bond donors (Lipinski definition) is 4. The maximum absolute atomic E-state index is 12.4. The Balaban J connectivity index is 1.19. The Hall–Kier alpha value is -2.33. The Bertz CT molecular complexity index is 1030. The summed E-state index contributed by atoms with van der Waals surface area (Å²) in [6.45, 7) is 1.07. The van der Waals surface area contributed by atoms with E-state index in [-0.39, 0.29) is 23.2 Å². The van der Waals surface area contributed by atoms with Crippen molar-refractivity contribution in [3.8, 4) is 0 Å². The first-order chi connectivity index (χ1) is 15.9. The molecular formula is C22H27Cl2N5O4. The summed E-state index contributed by atoms with van der Waals surface area (Å²) in [6.07, 6.45) is 3.80. The molecule has 1 unspecified atom stereocenters. The average molecular weight is 496 g/mol. The fraction of sp³-hybridized carbons (Fsp3) is 0.500. The number of carbonyl (C=O) groups is 1. The van der Waals surface area contributed by atoms with Crippen LogP contribution in [0.2, 0.25) is 10.0 Å². The molecule has 1 saturated carbocycles. The second-order valence-corrected chi connectivity index (χ2v) is 9.23. The van der Waals surface area contributed by atoms with Crippen LogP contribution in [0, 0.1) is 0 Å². The Morgan fingerprint density at radius 3 is 2.67 bits per heavy atom. The number of rotatable bonds is 6. The van der Waals surface area contributed by atoms with Gasteiger partial charge in [-0.25, -0.2) is 9.89 Å². The van der Waals surface area contributed by atoms with Gasteiger partial charge in [-0.3, -0.25) is 10.1 Å². The number of nitrogens with zero attached hydrogens (tertiary/aromatic N) is 2. The molecular weight excluding hydrogens is 469 g/mol. The lowest BCUT2D eigenvalue weighted by Crippen LogP contribution is -2.44. The summed E-state index contributed by atoms with van der Waals surface area (Å²) < 4.78 is 5.59. The van der Waals surface area contributed by atoms with Gasteiger partial charge in [0, 0.05) is 35.6 Å². The van der Waals surface area contributed by atoms with Crippen molar-refractivity contribution < 1.29 is 14.6 Å². The van der Waals surface area contributed by atoms with Crippen LogP contribution in [0.3, 0.4) is 0 Å². The number of alkyl carbamates (subject to hydrolysis) is 1. The quantitative estimate of drug-likeness (QED) is 0.454. The molecule has 2 atom stereocenters. The summed E-state index contributed by atoms with van der Waals surface area (Å²) in [5.41, 5.74) is 0.753. The second kappa shape index (κ2) is 10.7. The van der Waals surface area contributed by atoms with Crippen LogP contribution in [0.5, 0.6) is 0 Å². The lowest BCUT2D eigenvalue weighted by molar-refractivity contribution is 0.0955. The van der Waals surface area contributed by atoms with E-state index in [1.165, 1.54) is 6.20 Å². The third kappa shape index (κ3) is 5.97. The molecule has 4 N–H and O–H groups in total. The Morgan fingerprint density at radius 2 is 1.91 bits per heavy atom. The van der Waals surface area contributed by atoms with Crippen molar-refractivity contribution in [2.24, 2.45) is 0 Å². The molecule has 2 heterocycles. The minimum absolute atomic E-state index is 0.0249. The molecule has 1 aliphatic heterocycles. The van der Waals surface area contributed by atoms with E-state index in [1.54, 1.807) is 12.1 Å². The standard InChI is InChI=1S/C22H27Cl2N5O4/c23-17-4-2-1-3-16(17)20(30)26-13-5-7-14(8-6-13)27-22(32)33-15-9-10-29(12-15)18-11-25-28-21(31)19(18)24/h1-4,11,13-15,20,26,30H,5-10,12H2,(H,27,32)(H,28,31)/t13?,14?,15-,20?/m1/s1. The fourth-order valence-electron chi connectivity index (χ4n) is 4.40. The summed E-state index contributed by atoms with van der Waals surface area (Å²) in [6, 6.07) is 7.38. The summed E-state index contributed by atoms with van der Waals surface area (Å²) in [5, 5.41) is 23.3. The molecule has 1 aliphatic carbocycles. The first-order valence-electron chi connectivity index (χ1n) is 11.0. The van der Waals surface area contributed by atoms with Gasteiger partial charge in [0.05, 0.1) is 18.4 Å². The molecule has 0 radical (unpaired) electrons. The molecule has 1 aromatic carbocycles. The molecule has 1 saturated heterocycles. The molecule has 1 aromatic heterocycles. The van der Waals surface area contributed by atoms with Crippen LogP contribution in [-0.2, 0) is 4.74 Å². The Labute approximate surface area is 201 Å². The third-order valence-corrected chi connectivity index (χ3v) is 6.89. The number of halogens is 2. The van der Waals surface area contributed by atoms with Crippen LogP contribution < -0.4 is 21.1 Å².